The maximum atomic E-state index is 12.6. The Morgan fingerprint density at radius 3 is 2.88 bits per heavy atom. The zero-order chi connectivity index (χ0) is 18.0. The molecule has 3 aromatic rings. The van der Waals surface area contributed by atoms with Gasteiger partial charge in [0.15, 0.2) is 5.65 Å². The molecule has 2 N–H and O–H groups in total. The van der Waals surface area contributed by atoms with Gasteiger partial charge in [-0.15, -0.1) is 0 Å². The third-order valence-electron chi connectivity index (χ3n) is 4.06. The van der Waals surface area contributed by atoms with Gasteiger partial charge in [-0.2, -0.15) is 0 Å². The van der Waals surface area contributed by atoms with Crippen LogP contribution in [0.4, 0.5) is 0 Å². The molecule has 0 fully saturated rings. The van der Waals surface area contributed by atoms with Crippen LogP contribution in [0.1, 0.15) is 21.6 Å². The van der Waals surface area contributed by atoms with Gasteiger partial charge >= 0.3 is 0 Å². The van der Waals surface area contributed by atoms with E-state index in [2.05, 4.69) is 15.4 Å². The minimum Gasteiger partial charge on any atom is -0.496 e. The number of carbonyl (C=O) groups is 1. The Kier molecular flexibility index (Phi) is 4.56. The van der Waals surface area contributed by atoms with E-state index >= 15 is 0 Å². The van der Waals surface area contributed by atoms with Gasteiger partial charge in [-0.3, -0.25) is 19.4 Å². The van der Waals surface area contributed by atoms with Crippen LogP contribution in [0.15, 0.2) is 35.1 Å². The summed E-state index contributed by atoms with van der Waals surface area (Å²) in [4.78, 5) is 29.0. The molecule has 0 radical (unpaired) electrons. The number of fused-ring (bicyclic) bond motifs is 1. The van der Waals surface area contributed by atoms with Crippen molar-refractivity contribution in [3.8, 4) is 5.75 Å². The van der Waals surface area contributed by atoms with Crippen LogP contribution < -0.4 is 15.6 Å². The second-order valence-corrected chi connectivity index (χ2v) is 5.83. The number of para-hydroxylation sites is 1. The number of methoxy groups -OCH3 is 1. The third-order valence-corrected chi connectivity index (χ3v) is 4.06. The molecule has 25 heavy (non-hydrogen) atoms. The van der Waals surface area contributed by atoms with E-state index in [1.54, 1.807) is 27.1 Å². The number of hydrogen-bond acceptors (Lipinski definition) is 4. The van der Waals surface area contributed by atoms with Gasteiger partial charge in [-0.25, -0.2) is 4.98 Å². The van der Waals surface area contributed by atoms with Gasteiger partial charge in [0.1, 0.15) is 5.75 Å². The highest BCUT2D eigenvalue weighted by Crippen LogP contribution is 2.18. The summed E-state index contributed by atoms with van der Waals surface area (Å²) in [5.74, 6) is 0.500. The van der Waals surface area contributed by atoms with E-state index in [4.69, 9.17) is 4.74 Å². The van der Waals surface area contributed by atoms with Crippen LogP contribution >= 0.6 is 0 Å². The van der Waals surface area contributed by atoms with Crippen molar-refractivity contribution in [2.75, 3.05) is 13.7 Å². The average Bonchev–Trinajstić information content (AvgIpc) is 2.88. The molecule has 0 saturated carbocycles. The lowest BCUT2D eigenvalue weighted by Crippen LogP contribution is -2.27. The van der Waals surface area contributed by atoms with Gasteiger partial charge in [0.25, 0.3) is 11.5 Å². The first-order chi connectivity index (χ1) is 12.0. The monoisotopic (exact) mass is 340 g/mol. The van der Waals surface area contributed by atoms with Gasteiger partial charge in [0, 0.05) is 19.3 Å². The largest absolute Gasteiger partial charge is 0.496 e. The van der Waals surface area contributed by atoms with Crippen molar-refractivity contribution in [2.45, 2.75) is 13.3 Å². The molecule has 0 unspecified atom stereocenters. The summed E-state index contributed by atoms with van der Waals surface area (Å²) >= 11 is 0. The summed E-state index contributed by atoms with van der Waals surface area (Å²) < 4.78 is 6.83. The third kappa shape index (κ3) is 3.26. The van der Waals surface area contributed by atoms with Crippen LogP contribution in [0, 0.1) is 6.92 Å². The Hall–Kier alpha value is -3.09. The smallest absolute Gasteiger partial charge is 0.274 e. The highest BCUT2D eigenvalue weighted by molar-refractivity contribution is 6.05. The Bertz CT molecular complexity index is 988. The molecule has 130 valence electrons. The fraction of sp³-hybridized carbons (Fsp3) is 0.278. The van der Waals surface area contributed by atoms with Crippen LogP contribution in [0.5, 0.6) is 5.75 Å². The second kappa shape index (κ2) is 6.80. The molecule has 0 aliphatic heterocycles. The predicted octanol–water partition coefficient (Wildman–Crippen LogP) is 1.55. The number of rotatable bonds is 5. The van der Waals surface area contributed by atoms with Crippen molar-refractivity contribution >= 4 is 16.9 Å². The molecule has 1 aromatic carbocycles. The molecule has 2 heterocycles. The van der Waals surface area contributed by atoms with Crippen molar-refractivity contribution in [3.05, 3.63) is 57.5 Å². The lowest BCUT2D eigenvalue weighted by atomic mass is 10.1. The van der Waals surface area contributed by atoms with E-state index in [0.29, 0.717) is 35.3 Å². The molecule has 2 aromatic heterocycles. The van der Waals surface area contributed by atoms with Crippen LogP contribution in [0.25, 0.3) is 11.0 Å². The molecule has 0 aliphatic rings. The van der Waals surface area contributed by atoms with E-state index in [0.717, 1.165) is 11.3 Å². The average molecular weight is 340 g/mol. The van der Waals surface area contributed by atoms with Crippen LogP contribution in [0.3, 0.4) is 0 Å². The van der Waals surface area contributed by atoms with E-state index < -0.39 is 0 Å². The minimum atomic E-state index is -0.320. The minimum absolute atomic E-state index is 0.290. The number of pyridine rings is 1. The number of ether oxygens (including phenoxy) is 1. The molecule has 0 bridgehead atoms. The molecule has 0 atom stereocenters. The standard InChI is InChI=1S/C18H20N4O3/c1-11-10-13(15-16(20-11)22(2)21-18(15)24)17(23)19-9-8-12-6-4-5-7-14(12)25-3/h4-7,10H,8-9H2,1-3H3,(H,19,23)(H,21,24). The van der Waals surface area contributed by atoms with E-state index in [9.17, 15) is 9.59 Å². The first kappa shape index (κ1) is 16.8. The molecule has 7 nitrogen and oxygen atoms in total. The summed E-state index contributed by atoms with van der Waals surface area (Å²) in [6, 6.07) is 9.31. The molecule has 3 rings (SSSR count). The fourth-order valence-corrected chi connectivity index (χ4v) is 2.88. The van der Waals surface area contributed by atoms with E-state index in [1.165, 1.54) is 4.68 Å². The van der Waals surface area contributed by atoms with Crippen LogP contribution in [-0.4, -0.2) is 34.3 Å². The number of benzene rings is 1. The van der Waals surface area contributed by atoms with Crippen molar-refractivity contribution in [2.24, 2.45) is 7.05 Å². The fourth-order valence-electron chi connectivity index (χ4n) is 2.88. The summed E-state index contributed by atoms with van der Waals surface area (Å²) in [6.45, 7) is 2.23. The van der Waals surface area contributed by atoms with Crippen molar-refractivity contribution < 1.29 is 9.53 Å². The molecular weight excluding hydrogens is 320 g/mol. The second-order valence-electron chi connectivity index (χ2n) is 5.83. The Labute approximate surface area is 144 Å². The summed E-state index contributed by atoms with van der Waals surface area (Å²) in [5, 5.41) is 5.82. The molecule has 0 aliphatic carbocycles. The Morgan fingerprint density at radius 1 is 1.36 bits per heavy atom. The molecule has 1 amide bonds. The van der Waals surface area contributed by atoms with Gasteiger partial charge in [-0.05, 0) is 31.0 Å². The molecule has 7 heteroatoms. The highest BCUT2D eigenvalue weighted by Gasteiger charge is 2.17. The highest BCUT2D eigenvalue weighted by atomic mass is 16.5. The van der Waals surface area contributed by atoms with Gasteiger partial charge in [0.2, 0.25) is 0 Å². The number of aromatic amines is 1. The van der Waals surface area contributed by atoms with Crippen LogP contribution in [0.2, 0.25) is 0 Å². The van der Waals surface area contributed by atoms with E-state index in [1.807, 2.05) is 24.3 Å². The number of amides is 1. The molecular formula is C18H20N4O3. The number of carbonyl (C=O) groups excluding carboxylic acids is 1. The Morgan fingerprint density at radius 2 is 2.12 bits per heavy atom. The molecule has 0 saturated heterocycles. The maximum Gasteiger partial charge on any atom is 0.274 e. The maximum absolute atomic E-state index is 12.6. The summed E-state index contributed by atoms with van der Waals surface area (Å²) in [7, 11) is 3.31. The lowest BCUT2D eigenvalue weighted by Gasteiger charge is -2.10. The van der Waals surface area contributed by atoms with Crippen molar-refractivity contribution in [3.63, 3.8) is 0 Å². The zero-order valence-electron chi connectivity index (χ0n) is 14.4. The number of hydrogen-bond donors (Lipinski definition) is 2. The number of aryl methyl sites for hydroxylation is 2. The first-order valence-electron chi connectivity index (χ1n) is 7.97. The van der Waals surface area contributed by atoms with Gasteiger partial charge in [0.05, 0.1) is 18.1 Å². The summed E-state index contributed by atoms with van der Waals surface area (Å²) in [6.07, 6.45) is 0.633. The summed E-state index contributed by atoms with van der Waals surface area (Å²) in [5.41, 5.74) is 2.18. The topological polar surface area (TPSA) is 89.0 Å². The number of aromatic nitrogens is 3. The lowest BCUT2D eigenvalue weighted by molar-refractivity contribution is 0.0955. The number of nitrogens with one attached hydrogen (secondary N) is 2. The quantitative estimate of drug-likeness (QED) is 0.737. The van der Waals surface area contributed by atoms with Crippen molar-refractivity contribution in [1.82, 2.24) is 20.1 Å². The molecule has 0 spiro atoms. The van der Waals surface area contributed by atoms with Crippen LogP contribution in [-0.2, 0) is 13.5 Å². The predicted molar refractivity (Wildman–Crippen MR) is 95.1 cm³/mol. The normalized spacial score (nSPS) is 10.8. The zero-order valence-corrected chi connectivity index (χ0v) is 14.4. The number of nitrogens with zero attached hydrogens (tertiary/aromatic N) is 2. The Balaban J connectivity index is 1.80. The van der Waals surface area contributed by atoms with Crippen molar-refractivity contribution in [1.29, 1.82) is 0 Å². The van der Waals surface area contributed by atoms with Gasteiger partial charge in [-0.1, -0.05) is 18.2 Å². The number of H-pyrrole nitrogens is 1. The first-order valence-corrected chi connectivity index (χ1v) is 7.97. The van der Waals surface area contributed by atoms with Gasteiger partial charge < -0.3 is 10.1 Å². The van der Waals surface area contributed by atoms with E-state index in [-0.39, 0.29) is 11.5 Å². The SMILES string of the molecule is COc1ccccc1CCNC(=O)c1cc(C)nc2c1c(=O)[nH]n2C.